The van der Waals surface area contributed by atoms with Crippen molar-refractivity contribution in [3.63, 3.8) is 0 Å². The van der Waals surface area contributed by atoms with Gasteiger partial charge >= 0.3 is 0 Å². The van der Waals surface area contributed by atoms with Gasteiger partial charge in [0.2, 0.25) is 5.91 Å². The third kappa shape index (κ3) is 8.56. The van der Waals surface area contributed by atoms with Crippen LogP contribution in [0.15, 0.2) is 60.7 Å². The van der Waals surface area contributed by atoms with Crippen LogP contribution in [0.25, 0.3) is 0 Å². The number of ether oxygens (including phenoxy) is 1. The molecule has 0 spiro atoms. The number of β-amino-alcohol motifs (C(OH)–C–C–N with tert-alkyl or cyclic N) is 1. The van der Waals surface area contributed by atoms with Gasteiger partial charge in [0, 0.05) is 24.2 Å². The van der Waals surface area contributed by atoms with E-state index in [1.54, 1.807) is 0 Å². The largest absolute Gasteiger partial charge is 0.506 e. The molecule has 1 heterocycles. The average molecular weight is 508 g/mol. The van der Waals surface area contributed by atoms with Gasteiger partial charge in [-0.2, -0.15) is 0 Å². The number of hydrogen-bond acceptors (Lipinski definition) is 7. The monoisotopic (exact) mass is 507 g/mol. The summed E-state index contributed by atoms with van der Waals surface area (Å²) in [5, 5.41) is 35.9. The molecule has 0 fully saturated rings. The number of nitrogens with one attached hydrogen (secondary N) is 2. The highest BCUT2D eigenvalue weighted by molar-refractivity contribution is 5.78. The number of rotatable bonds is 13. The van der Waals surface area contributed by atoms with E-state index in [9.17, 15) is 20.1 Å². The number of aliphatic hydroxyl groups is 2. The Labute approximate surface area is 218 Å². The molecule has 3 aromatic rings. The molecule has 37 heavy (non-hydrogen) atoms. The number of benzene rings is 2. The molecule has 5 N–H and O–H groups in total. The zero-order chi connectivity index (χ0) is 26.8. The molecule has 0 aliphatic carbocycles. The van der Waals surface area contributed by atoms with E-state index >= 15 is 0 Å². The van der Waals surface area contributed by atoms with Gasteiger partial charge in [0.1, 0.15) is 23.3 Å². The normalized spacial score (nSPS) is 12.2. The Balaban J connectivity index is 1.53. The number of pyridine rings is 1. The molecule has 0 bridgehead atoms. The SMILES string of the molecule is CCOc1ccccc1CNC(=O)Cc1cccc(CC(C)(C)NCC(O)c2ccc(O)c(CO)n2)c1. The molecule has 8 heteroatoms. The number of aromatic hydroxyl groups is 1. The van der Waals surface area contributed by atoms with E-state index in [0.717, 1.165) is 22.4 Å². The number of aliphatic hydroxyl groups excluding tert-OH is 2. The van der Waals surface area contributed by atoms with Crippen molar-refractivity contribution in [2.45, 2.75) is 58.4 Å². The van der Waals surface area contributed by atoms with Gasteiger partial charge in [0.05, 0.1) is 25.3 Å². The van der Waals surface area contributed by atoms with E-state index in [4.69, 9.17) is 4.74 Å². The van der Waals surface area contributed by atoms with Crippen LogP contribution < -0.4 is 15.4 Å². The topological polar surface area (TPSA) is 124 Å². The second-order valence-corrected chi connectivity index (χ2v) is 9.63. The van der Waals surface area contributed by atoms with Gasteiger partial charge in [0.25, 0.3) is 0 Å². The van der Waals surface area contributed by atoms with Crippen LogP contribution in [0.5, 0.6) is 11.5 Å². The molecule has 1 amide bonds. The zero-order valence-electron chi connectivity index (χ0n) is 21.7. The van der Waals surface area contributed by atoms with Crippen molar-refractivity contribution in [1.29, 1.82) is 0 Å². The van der Waals surface area contributed by atoms with Crippen molar-refractivity contribution in [2.75, 3.05) is 13.2 Å². The lowest BCUT2D eigenvalue weighted by Crippen LogP contribution is -2.43. The zero-order valence-corrected chi connectivity index (χ0v) is 21.7. The highest BCUT2D eigenvalue weighted by Gasteiger charge is 2.21. The lowest BCUT2D eigenvalue weighted by molar-refractivity contribution is -0.120. The van der Waals surface area contributed by atoms with Crippen LogP contribution in [0.2, 0.25) is 0 Å². The minimum atomic E-state index is -0.895. The Hall–Kier alpha value is -3.46. The second kappa shape index (κ2) is 13.2. The van der Waals surface area contributed by atoms with Crippen LogP contribution in [0.3, 0.4) is 0 Å². The quantitative estimate of drug-likeness (QED) is 0.241. The van der Waals surface area contributed by atoms with Gasteiger partial charge < -0.3 is 30.7 Å². The number of nitrogens with zero attached hydrogens (tertiary/aromatic N) is 1. The number of amides is 1. The fraction of sp³-hybridized carbons (Fsp3) is 0.379. The van der Waals surface area contributed by atoms with Gasteiger partial charge in [-0.25, -0.2) is 4.98 Å². The van der Waals surface area contributed by atoms with Gasteiger partial charge in [-0.05, 0) is 56.5 Å². The number of aromatic nitrogens is 1. The summed E-state index contributed by atoms with van der Waals surface area (Å²) < 4.78 is 5.63. The van der Waals surface area contributed by atoms with Crippen LogP contribution in [0, 0.1) is 0 Å². The van der Waals surface area contributed by atoms with E-state index in [1.807, 2.05) is 69.3 Å². The lowest BCUT2D eigenvalue weighted by Gasteiger charge is -2.28. The Bertz CT molecular complexity index is 1180. The first-order valence-electron chi connectivity index (χ1n) is 12.5. The van der Waals surface area contributed by atoms with Gasteiger partial charge in [-0.1, -0.05) is 42.5 Å². The molecule has 3 rings (SSSR count). The van der Waals surface area contributed by atoms with Crippen LogP contribution in [0.4, 0.5) is 0 Å². The van der Waals surface area contributed by atoms with E-state index < -0.39 is 12.7 Å². The van der Waals surface area contributed by atoms with Gasteiger partial charge in [0.15, 0.2) is 0 Å². The summed E-state index contributed by atoms with van der Waals surface area (Å²) in [6, 6.07) is 18.6. The van der Waals surface area contributed by atoms with E-state index in [2.05, 4.69) is 15.6 Å². The molecule has 2 aromatic carbocycles. The summed E-state index contributed by atoms with van der Waals surface area (Å²) in [7, 11) is 0. The fourth-order valence-electron chi connectivity index (χ4n) is 4.10. The first kappa shape index (κ1) is 28.1. The summed E-state index contributed by atoms with van der Waals surface area (Å²) in [6.45, 7) is 6.84. The minimum absolute atomic E-state index is 0.0624. The van der Waals surface area contributed by atoms with Crippen molar-refractivity contribution in [3.8, 4) is 11.5 Å². The van der Waals surface area contributed by atoms with Crippen LogP contribution in [-0.4, -0.2) is 44.9 Å². The second-order valence-electron chi connectivity index (χ2n) is 9.63. The average Bonchev–Trinajstić information content (AvgIpc) is 2.87. The third-order valence-electron chi connectivity index (χ3n) is 5.99. The van der Waals surface area contributed by atoms with Crippen LogP contribution in [0.1, 0.15) is 55.0 Å². The van der Waals surface area contributed by atoms with Crippen molar-refractivity contribution < 1.29 is 24.9 Å². The van der Waals surface area contributed by atoms with Crippen molar-refractivity contribution >= 4 is 5.91 Å². The third-order valence-corrected chi connectivity index (χ3v) is 5.99. The van der Waals surface area contributed by atoms with Crippen LogP contribution >= 0.6 is 0 Å². The summed E-state index contributed by atoms with van der Waals surface area (Å²) in [5.41, 5.74) is 3.11. The maximum Gasteiger partial charge on any atom is 0.224 e. The maximum absolute atomic E-state index is 12.6. The Morgan fingerprint density at radius 1 is 1.08 bits per heavy atom. The number of hydrogen-bond donors (Lipinski definition) is 5. The molecular formula is C29H37N3O5. The molecule has 198 valence electrons. The maximum atomic E-state index is 12.6. The Kier molecular flexibility index (Phi) is 10.0. The molecule has 1 unspecified atom stereocenters. The van der Waals surface area contributed by atoms with Crippen LogP contribution in [-0.2, 0) is 30.8 Å². The molecule has 8 nitrogen and oxygen atoms in total. The molecule has 0 saturated carbocycles. The van der Waals surface area contributed by atoms with Crippen molar-refractivity contribution in [1.82, 2.24) is 15.6 Å². The van der Waals surface area contributed by atoms with E-state index in [0.29, 0.717) is 25.3 Å². The number of carbonyl (C=O) groups is 1. The van der Waals surface area contributed by atoms with Gasteiger partial charge in [-0.15, -0.1) is 0 Å². The van der Waals surface area contributed by atoms with Gasteiger partial charge in [-0.3, -0.25) is 4.79 Å². The lowest BCUT2D eigenvalue weighted by atomic mass is 9.93. The molecule has 0 radical (unpaired) electrons. The predicted octanol–water partition coefficient (Wildman–Crippen LogP) is 3.18. The van der Waals surface area contributed by atoms with Crippen molar-refractivity contribution in [3.05, 3.63) is 88.7 Å². The smallest absolute Gasteiger partial charge is 0.224 e. The Morgan fingerprint density at radius 3 is 2.59 bits per heavy atom. The molecular weight excluding hydrogens is 470 g/mol. The highest BCUT2D eigenvalue weighted by Crippen LogP contribution is 2.21. The number of carbonyl (C=O) groups excluding carboxylic acids is 1. The van der Waals surface area contributed by atoms with Crippen molar-refractivity contribution in [2.24, 2.45) is 0 Å². The summed E-state index contributed by atoms with van der Waals surface area (Å²) >= 11 is 0. The Morgan fingerprint density at radius 2 is 1.84 bits per heavy atom. The first-order valence-corrected chi connectivity index (χ1v) is 12.5. The standard InChI is InChI=1S/C29H37N3O5/c1-4-37-27-11-6-5-10-22(27)17-30-28(36)15-20-8-7-9-21(14-20)16-29(2,3)31-18-26(35)23-12-13-25(34)24(19-33)32-23/h5-14,26,31,33-35H,4,15-19H2,1-3H3,(H,30,36). The summed E-state index contributed by atoms with van der Waals surface area (Å²) in [4.78, 5) is 16.7. The minimum Gasteiger partial charge on any atom is -0.506 e. The first-order chi connectivity index (χ1) is 17.7. The summed E-state index contributed by atoms with van der Waals surface area (Å²) in [6.07, 6.45) is 0.0618. The molecule has 1 atom stereocenters. The molecule has 0 aliphatic heterocycles. The predicted molar refractivity (Wildman–Crippen MR) is 142 cm³/mol. The molecule has 1 aromatic heterocycles. The molecule has 0 saturated heterocycles. The molecule has 0 aliphatic rings. The van der Waals surface area contributed by atoms with E-state index in [-0.39, 0.29) is 35.9 Å². The highest BCUT2D eigenvalue weighted by atomic mass is 16.5. The number of para-hydroxylation sites is 1. The summed E-state index contributed by atoms with van der Waals surface area (Å²) in [5.74, 6) is 0.616. The fourth-order valence-corrected chi connectivity index (χ4v) is 4.10. The van der Waals surface area contributed by atoms with E-state index in [1.165, 1.54) is 12.1 Å².